The van der Waals surface area contributed by atoms with Crippen molar-refractivity contribution in [1.29, 1.82) is 5.26 Å². The van der Waals surface area contributed by atoms with Gasteiger partial charge in [0.1, 0.15) is 24.1 Å². The fraction of sp³-hybridized carbons (Fsp3) is 0.353. The lowest BCUT2D eigenvalue weighted by atomic mass is 10.2. The van der Waals surface area contributed by atoms with Crippen molar-refractivity contribution in [3.63, 3.8) is 0 Å². The van der Waals surface area contributed by atoms with E-state index in [1.807, 2.05) is 4.57 Å². The van der Waals surface area contributed by atoms with Gasteiger partial charge in [0, 0.05) is 38.5 Å². The van der Waals surface area contributed by atoms with Crippen molar-refractivity contribution in [2.45, 2.75) is 32.4 Å². The smallest absolute Gasteiger partial charge is 0.191 e. The van der Waals surface area contributed by atoms with Gasteiger partial charge in [-0.25, -0.2) is 4.98 Å². The van der Waals surface area contributed by atoms with E-state index < -0.39 is 8.07 Å². The van der Waals surface area contributed by atoms with E-state index in [-0.39, 0.29) is 5.43 Å². The van der Waals surface area contributed by atoms with Crippen LogP contribution in [0.25, 0.3) is 21.9 Å². The molecular formula is C17H20N4O2Si. The highest BCUT2D eigenvalue weighted by molar-refractivity contribution is 6.76. The maximum atomic E-state index is 12.3. The minimum absolute atomic E-state index is 0.0964. The van der Waals surface area contributed by atoms with Crippen molar-refractivity contribution in [2.75, 3.05) is 6.61 Å². The lowest BCUT2D eigenvalue weighted by molar-refractivity contribution is 0.0925. The fourth-order valence-electron chi connectivity index (χ4n) is 2.64. The maximum absolute atomic E-state index is 12.3. The Morgan fingerprint density at radius 2 is 2.21 bits per heavy atom. The first-order valence-corrected chi connectivity index (χ1v) is 11.6. The molecule has 1 N–H and O–H groups in total. The Morgan fingerprint density at radius 1 is 1.42 bits per heavy atom. The normalized spacial score (nSPS) is 11.9. The predicted octanol–water partition coefficient (Wildman–Crippen LogP) is 3.06. The molecule has 0 bridgehead atoms. The van der Waals surface area contributed by atoms with Crippen LogP contribution >= 0.6 is 0 Å². The molecule has 0 radical (unpaired) electrons. The third-order valence-corrected chi connectivity index (χ3v) is 5.68. The SMILES string of the molecule is C[Si](C)(C)CCOCn1c2c[nH]c(C#N)cc2c2c(=O)ccnc21. The number of aromatic amines is 1. The van der Waals surface area contributed by atoms with Crippen LogP contribution in [0.2, 0.25) is 25.7 Å². The minimum atomic E-state index is -1.15. The van der Waals surface area contributed by atoms with E-state index in [0.717, 1.165) is 16.9 Å². The Morgan fingerprint density at radius 3 is 2.92 bits per heavy atom. The first-order chi connectivity index (χ1) is 11.4. The zero-order valence-corrected chi connectivity index (χ0v) is 15.1. The number of pyridine rings is 2. The van der Waals surface area contributed by atoms with Crippen LogP contribution in [-0.2, 0) is 11.5 Å². The van der Waals surface area contributed by atoms with Gasteiger partial charge < -0.3 is 9.72 Å². The second kappa shape index (κ2) is 6.22. The maximum Gasteiger partial charge on any atom is 0.191 e. The Kier molecular flexibility index (Phi) is 4.26. The van der Waals surface area contributed by atoms with Gasteiger partial charge in [0.15, 0.2) is 5.43 Å². The summed E-state index contributed by atoms with van der Waals surface area (Å²) in [5, 5.41) is 10.4. The van der Waals surface area contributed by atoms with Gasteiger partial charge in [-0.1, -0.05) is 19.6 Å². The summed E-state index contributed by atoms with van der Waals surface area (Å²) in [5.74, 6) is 0. The summed E-state index contributed by atoms with van der Waals surface area (Å²) in [6.45, 7) is 7.94. The Bertz CT molecular complexity index is 992. The average molecular weight is 340 g/mol. The van der Waals surface area contributed by atoms with Gasteiger partial charge in [-0.05, 0) is 12.1 Å². The number of aromatic nitrogens is 3. The molecule has 0 aliphatic heterocycles. The Balaban J connectivity index is 2.04. The molecule has 0 saturated heterocycles. The van der Waals surface area contributed by atoms with Crippen LogP contribution in [0.5, 0.6) is 0 Å². The molecule has 124 valence electrons. The number of nitrogens with zero attached hydrogens (tertiary/aromatic N) is 3. The van der Waals surface area contributed by atoms with Crippen LogP contribution in [0, 0.1) is 11.3 Å². The molecule has 3 aromatic rings. The molecule has 3 rings (SSSR count). The summed E-state index contributed by atoms with van der Waals surface area (Å²) < 4.78 is 7.73. The van der Waals surface area contributed by atoms with E-state index in [9.17, 15) is 4.79 Å². The lowest BCUT2D eigenvalue weighted by Crippen LogP contribution is -2.22. The van der Waals surface area contributed by atoms with Gasteiger partial charge in [-0.2, -0.15) is 5.26 Å². The van der Waals surface area contributed by atoms with E-state index in [0.29, 0.717) is 30.1 Å². The van der Waals surface area contributed by atoms with E-state index in [2.05, 4.69) is 35.7 Å². The standard InChI is InChI=1S/C17H20N4O2Si/c1-24(2,3)7-6-23-11-21-14-10-20-12(9-18)8-13(14)16-15(22)4-5-19-17(16)21/h4-5,8,10,20H,6-7,11H2,1-3H3. The number of rotatable bonds is 5. The number of nitriles is 1. The molecule has 0 fully saturated rings. The highest BCUT2D eigenvalue weighted by Gasteiger charge is 2.16. The molecule has 3 aromatic heterocycles. The average Bonchev–Trinajstić information content (AvgIpc) is 2.85. The van der Waals surface area contributed by atoms with Crippen LogP contribution in [0.3, 0.4) is 0 Å². The van der Waals surface area contributed by atoms with Crippen LogP contribution in [0.1, 0.15) is 5.69 Å². The molecule has 24 heavy (non-hydrogen) atoms. The fourth-order valence-corrected chi connectivity index (χ4v) is 3.40. The second-order valence-corrected chi connectivity index (χ2v) is 12.7. The molecule has 0 aliphatic rings. The molecule has 0 spiro atoms. The van der Waals surface area contributed by atoms with E-state index in [1.165, 1.54) is 12.3 Å². The van der Waals surface area contributed by atoms with Gasteiger partial charge in [0.2, 0.25) is 0 Å². The zero-order valence-electron chi connectivity index (χ0n) is 14.1. The summed E-state index contributed by atoms with van der Waals surface area (Å²) in [7, 11) is -1.15. The van der Waals surface area contributed by atoms with Gasteiger partial charge >= 0.3 is 0 Å². The number of nitrogens with one attached hydrogen (secondary N) is 1. The minimum Gasteiger partial charge on any atom is -0.361 e. The molecule has 0 aliphatic carbocycles. The van der Waals surface area contributed by atoms with E-state index in [1.54, 1.807) is 12.3 Å². The largest absolute Gasteiger partial charge is 0.361 e. The summed E-state index contributed by atoms with van der Waals surface area (Å²) in [4.78, 5) is 19.6. The quantitative estimate of drug-likeness (QED) is 0.571. The molecule has 7 heteroatoms. The number of hydrogen-bond acceptors (Lipinski definition) is 4. The summed E-state index contributed by atoms with van der Waals surface area (Å²) in [5.41, 5.74) is 1.71. The molecule has 0 aromatic carbocycles. The van der Waals surface area contributed by atoms with Crippen LogP contribution < -0.4 is 5.43 Å². The van der Waals surface area contributed by atoms with Crippen LogP contribution in [-0.4, -0.2) is 29.2 Å². The third-order valence-electron chi connectivity index (χ3n) is 3.97. The number of ether oxygens (including phenoxy) is 1. The Labute approximate surface area is 140 Å². The topological polar surface area (TPSA) is 83.7 Å². The molecule has 0 atom stereocenters. The summed E-state index contributed by atoms with van der Waals surface area (Å²) in [6.07, 6.45) is 3.24. The Hall–Kier alpha value is -2.43. The molecule has 0 unspecified atom stereocenters. The van der Waals surface area contributed by atoms with E-state index >= 15 is 0 Å². The zero-order chi connectivity index (χ0) is 17.3. The number of hydrogen-bond donors (Lipinski definition) is 1. The molecule has 3 heterocycles. The third kappa shape index (κ3) is 3.11. The molecule has 0 amide bonds. The second-order valence-electron chi connectivity index (χ2n) is 7.04. The van der Waals surface area contributed by atoms with Gasteiger partial charge in [-0.3, -0.25) is 9.36 Å². The highest BCUT2D eigenvalue weighted by atomic mass is 28.3. The van der Waals surface area contributed by atoms with E-state index in [4.69, 9.17) is 10.00 Å². The first-order valence-electron chi connectivity index (χ1n) is 7.88. The van der Waals surface area contributed by atoms with Crippen molar-refractivity contribution >= 4 is 30.0 Å². The van der Waals surface area contributed by atoms with Crippen molar-refractivity contribution in [2.24, 2.45) is 0 Å². The highest BCUT2D eigenvalue weighted by Crippen LogP contribution is 2.25. The number of fused-ring (bicyclic) bond motifs is 3. The first kappa shape index (κ1) is 16.4. The number of H-pyrrole nitrogens is 1. The lowest BCUT2D eigenvalue weighted by Gasteiger charge is -2.16. The van der Waals surface area contributed by atoms with Gasteiger partial charge in [-0.15, -0.1) is 0 Å². The molecule has 6 nitrogen and oxygen atoms in total. The molecule has 0 saturated carbocycles. The monoisotopic (exact) mass is 340 g/mol. The van der Waals surface area contributed by atoms with Gasteiger partial charge in [0.25, 0.3) is 0 Å². The summed E-state index contributed by atoms with van der Waals surface area (Å²) in [6, 6.07) is 6.29. The van der Waals surface area contributed by atoms with Crippen LogP contribution in [0.4, 0.5) is 0 Å². The predicted molar refractivity (Wildman–Crippen MR) is 96.7 cm³/mol. The van der Waals surface area contributed by atoms with Gasteiger partial charge in [0.05, 0.1) is 10.9 Å². The van der Waals surface area contributed by atoms with Crippen molar-refractivity contribution in [3.8, 4) is 6.07 Å². The van der Waals surface area contributed by atoms with Crippen molar-refractivity contribution < 1.29 is 4.74 Å². The van der Waals surface area contributed by atoms with Crippen LogP contribution in [0.15, 0.2) is 29.3 Å². The summed E-state index contributed by atoms with van der Waals surface area (Å²) >= 11 is 0. The van der Waals surface area contributed by atoms with Crippen molar-refractivity contribution in [1.82, 2.24) is 14.5 Å². The molecular weight excluding hydrogens is 320 g/mol. The van der Waals surface area contributed by atoms with Crippen molar-refractivity contribution in [3.05, 3.63) is 40.4 Å².